The van der Waals surface area contributed by atoms with E-state index in [1.807, 2.05) is 19.1 Å². The molecule has 0 radical (unpaired) electrons. The summed E-state index contributed by atoms with van der Waals surface area (Å²) in [6.45, 7) is 6.79. The van der Waals surface area contributed by atoms with Crippen LogP contribution in [-0.2, 0) is 4.79 Å². The van der Waals surface area contributed by atoms with Crippen LogP contribution < -0.4 is 10.6 Å². The topological polar surface area (TPSA) is 69.6 Å². The molecule has 23 heavy (non-hydrogen) atoms. The molecule has 0 aromatic carbocycles. The summed E-state index contributed by atoms with van der Waals surface area (Å²) in [7, 11) is 1.79. The molecule has 1 aliphatic heterocycles. The minimum absolute atomic E-state index is 0.0435. The number of aliphatic imine (C=N–C) groups is 1. The third kappa shape index (κ3) is 5.54. The Hall–Kier alpha value is -2.11. The van der Waals surface area contributed by atoms with Crippen molar-refractivity contribution >= 4 is 17.7 Å². The number of carbonyl (C=O) groups excluding carboxylic acids is 1. The summed E-state index contributed by atoms with van der Waals surface area (Å²) in [6, 6.07) is 5.59. The second-order valence-electron chi connectivity index (χ2n) is 6.13. The predicted molar refractivity (Wildman–Crippen MR) is 93.6 cm³/mol. The van der Waals surface area contributed by atoms with Crippen molar-refractivity contribution in [2.24, 2.45) is 10.9 Å². The Morgan fingerprint density at radius 1 is 1.48 bits per heavy atom. The van der Waals surface area contributed by atoms with E-state index >= 15 is 0 Å². The van der Waals surface area contributed by atoms with Crippen LogP contribution in [-0.4, -0.2) is 48.4 Å². The summed E-state index contributed by atoms with van der Waals surface area (Å²) < 4.78 is 0. The molecule has 6 heteroatoms. The number of pyridine rings is 1. The van der Waals surface area contributed by atoms with Gasteiger partial charge in [-0.1, -0.05) is 13.0 Å². The molecule has 1 fully saturated rings. The molecule has 1 aromatic rings. The zero-order chi connectivity index (χ0) is 16.7. The predicted octanol–water partition coefficient (Wildman–Crippen LogP) is 2.03. The number of anilines is 1. The van der Waals surface area contributed by atoms with E-state index < -0.39 is 0 Å². The Kier molecular flexibility index (Phi) is 6.38. The molecule has 1 saturated heterocycles. The van der Waals surface area contributed by atoms with Gasteiger partial charge in [-0.3, -0.25) is 9.79 Å². The number of carbonyl (C=O) groups is 1. The van der Waals surface area contributed by atoms with Crippen LogP contribution in [0.5, 0.6) is 0 Å². The van der Waals surface area contributed by atoms with Gasteiger partial charge in [-0.15, -0.1) is 0 Å². The highest BCUT2D eigenvalue weighted by Crippen LogP contribution is 2.15. The smallest absolute Gasteiger partial charge is 0.227 e. The van der Waals surface area contributed by atoms with Gasteiger partial charge in [0.05, 0.1) is 0 Å². The van der Waals surface area contributed by atoms with E-state index in [1.165, 1.54) is 12.8 Å². The fraction of sp³-hybridized carbons (Fsp3) is 0.588. The molecule has 0 bridgehead atoms. The van der Waals surface area contributed by atoms with Crippen molar-refractivity contribution in [1.29, 1.82) is 0 Å². The van der Waals surface area contributed by atoms with E-state index in [1.54, 1.807) is 13.1 Å². The Bertz CT molecular complexity index is 558. The molecule has 2 rings (SSSR count). The molecule has 1 aliphatic rings. The first-order valence-electron chi connectivity index (χ1n) is 8.27. The zero-order valence-corrected chi connectivity index (χ0v) is 14.3. The van der Waals surface area contributed by atoms with E-state index in [9.17, 15) is 4.79 Å². The van der Waals surface area contributed by atoms with Gasteiger partial charge in [0.25, 0.3) is 0 Å². The lowest BCUT2D eigenvalue weighted by molar-refractivity contribution is -0.116. The standard InChI is InChI=1S/C17H27N5O/c1-13-6-5-11-22(12-13)17(18-3)19-10-9-16(23)21-15-8-4-7-14(2)20-15/h4,7-8,13H,5-6,9-12H2,1-3H3,(H,18,19)(H,20,21,23). The van der Waals surface area contributed by atoms with Crippen molar-refractivity contribution in [3.05, 3.63) is 23.9 Å². The molecule has 1 unspecified atom stereocenters. The number of aromatic nitrogens is 1. The number of hydrogen-bond donors (Lipinski definition) is 2. The van der Waals surface area contributed by atoms with E-state index in [0.717, 1.165) is 24.7 Å². The van der Waals surface area contributed by atoms with Crippen LogP contribution in [0.15, 0.2) is 23.2 Å². The molecule has 2 heterocycles. The minimum atomic E-state index is -0.0435. The highest BCUT2D eigenvalue weighted by atomic mass is 16.1. The average Bonchev–Trinajstić information content (AvgIpc) is 2.51. The summed E-state index contributed by atoms with van der Waals surface area (Å²) in [4.78, 5) is 22.8. The molecule has 0 aliphatic carbocycles. The minimum Gasteiger partial charge on any atom is -0.356 e. The normalized spacial score (nSPS) is 18.7. The average molecular weight is 317 g/mol. The Balaban J connectivity index is 1.75. The van der Waals surface area contributed by atoms with Gasteiger partial charge in [0.15, 0.2) is 5.96 Å². The number of aryl methyl sites for hydroxylation is 1. The van der Waals surface area contributed by atoms with Crippen molar-refractivity contribution in [1.82, 2.24) is 15.2 Å². The summed E-state index contributed by atoms with van der Waals surface area (Å²) in [5.74, 6) is 2.14. The summed E-state index contributed by atoms with van der Waals surface area (Å²) in [5.41, 5.74) is 0.889. The first-order valence-corrected chi connectivity index (χ1v) is 8.27. The van der Waals surface area contributed by atoms with Gasteiger partial charge >= 0.3 is 0 Å². The molecule has 6 nitrogen and oxygen atoms in total. The fourth-order valence-electron chi connectivity index (χ4n) is 2.82. The lowest BCUT2D eigenvalue weighted by Gasteiger charge is -2.33. The lowest BCUT2D eigenvalue weighted by atomic mass is 10.0. The Labute approximate surface area is 138 Å². The molecule has 1 aromatic heterocycles. The molecule has 0 saturated carbocycles. The van der Waals surface area contributed by atoms with Crippen LogP contribution in [0.3, 0.4) is 0 Å². The van der Waals surface area contributed by atoms with Crippen molar-refractivity contribution in [2.75, 3.05) is 32.0 Å². The van der Waals surface area contributed by atoms with Gasteiger partial charge in [0.2, 0.25) is 5.91 Å². The van der Waals surface area contributed by atoms with Gasteiger partial charge < -0.3 is 15.5 Å². The van der Waals surface area contributed by atoms with Crippen molar-refractivity contribution in [3.63, 3.8) is 0 Å². The maximum atomic E-state index is 12.0. The third-order valence-electron chi connectivity index (χ3n) is 3.96. The summed E-state index contributed by atoms with van der Waals surface area (Å²) in [6.07, 6.45) is 2.86. The molecule has 0 spiro atoms. The molecule has 126 valence electrons. The molecule has 2 N–H and O–H groups in total. The third-order valence-corrected chi connectivity index (χ3v) is 3.96. The second-order valence-corrected chi connectivity index (χ2v) is 6.13. The van der Waals surface area contributed by atoms with Crippen LogP contribution >= 0.6 is 0 Å². The Morgan fingerprint density at radius 3 is 3.00 bits per heavy atom. The molecule has 1 amide bonds. The number of nitrogens with one attached hydrogen (secondary N) is 2. The van der Waals surface area contributed by atoms with Crippen molar-refractivity contribution in [2.45, 2.75) is 33.1 Å². The first-order chi connectivity index (χ1) is 11.1. The van der Waals surface area contributed by atoms with Gasteiger partial charge in [0, 0.05) is 38.8 Å². The van der Waals surface area contributed by atoms with Crippen LogP contribution in [0.2, 0.25) is 0 Å². The number of rotatable bonds is 4. The summed E-state index contributed by atoms with van der Waals surface area (Å²) >= 11 is 0. The van der Waals surface area contributed by atoms with Gasteiger partial charge in [-0.05, 0) is 37.8 Å². The van der Waals surface area contributed by atoms with Gasteiger partial charge in [0.1, 0.15) is 5.82 Å². The first kappa shape index (κ1) is 17.2. The lowest BCUT2D eigenvalue weighted by Crippen LogP contribution is -2.46. The zero-order valence-electron chi connectivity index (χ0n) is 14.3. The van der Waals surface area contributed by atoms with Crippen LogP contribution in [0.1, 0.15) is 31.9 Å². The quantitative estimate of drug-likeness (QED) is 0.658. The number of nitrogens with zero attached hydrogens (tertiary/aromatic N) is 3. The molecule has 1 atom stereocenters. The van der Waals surface area contributed by atoms with Crippen molar-refractivity contribution < 1.29 is 4.79 Å². The van der Waals surface area contributed by atoms with Gasteiger partial charge in [-0.25, -0.2) is 4.98 Å². The van der Waals surface area contributed by atoms with E-state index in [0.29, 0.717) is 24.7 Å². The van der Waals surface area contributed by atoms with Crippen LogP contribution in [0.25, 0.3) is 0 Å². The fourth-order valence-corrected chi connectivity index (χ4v) is 2.82. The largest absolute Gasteiger partial charge is 0.356 e. The number of likely N-dealkylation sites (tertiary alicyclic amines) is 1. The number of hydrogen-bond acceptors (Lipinski definition) is 3. The SMILES string of the molecule is CN=C(NCCC(=O)Nc1cccc(C)n1)N1CCCC(C)C1. The maximum Gasteiger partial charge on any atom is 0.227 e. The number of piperidine rings is 1. The molecular formula is C17H27N5O. The van der Waals surface area contributed by atoms with E-state index in [-0.39, 0.29) is 5.91 Å². The van der Waals surface area contributed by atoms with Gasteiger partial charge in [-0.2, -0.15) is 0 Å². The highest BCUT2D eigenvalue weighted by Gasteiger charge is 2.19. The highest BCUT2D eigenvalue weighted by molar-refractivity contribution is 5.90. The van der Waals surface area contributed by atoms with Crippen LogP contribution in [0, 0.1) is 12.8 Å². The monoisotopic (exact) mass is 317 g/mol. The van der Waals surface area contributed by atoms with E-state index in [4.69, 9.17) is 0 Å². The van der Waals surface area contributed by atoms with Crippen LogP contribution in [0.4, 0.5) is 5.82 Å². The Morgan fingerprint density at radius 2 is 2.30 bits per heavy atom. The molecular weight excluding hydrogens is 290 g/mol. The number of amides is 1. The summed E-state index contributed by atoms with van der Waals surface area (Å²) in [5, 5.41) is 6.10. The van der Waals surface area contributed by atoms with Crippen molar-refractivity contribution in [3.8, 4) is 0 Å². The maximum absolute atomic E-state index is 12.0. The van der Waals surface area contributed by atoms with E-state index in [2.05, 4.69) is 32.4 Å². The number of guanidine groups is 1. The second kappa shape index (κ2) is 8.50.